The summed E-state index contributed by atoms with van der Waals surface area (Å²) in [6, 6.07) is 29.9. The maximum atomic E-state index is 5.87. The summed E-state index contributed by atoms with van der Waals surface area (Å²) in [5.74, 6) is 0. The van der Waals surface area contributed by atoms with Crippen LogP contribution in [0.3, 0.4) is 0 Å². The maximum absolute atomic E-state index is 5.87. The molecule has 0 saturated heterocycles. The number of fused-ring (bicyclic) bond motifs is 3. The Morgan fingerprint density at radius 1 is 0.857 bits per heavy atom. The smallest absolute Gasteiger partial charge is 0.483 e. The Hall–Kier alpha value is -3.62. The zero-order valence-corrected chi connectivity index (χ0v) is 22.5. The van der Waals surface area contributed by atoms with Gasteiger partial charge in [-0.2, -0.15) is 6.07 Å². The van der Waals surface area contributed by atoms with E-state index in [-0.39, 0.29) is 20.1 Å². The Labute approximate surface area is 218 Å². The molecule has 0 saturated carbocycles. The summed E-state index contributed by atoms with van der Waals surface area (Å²) < 4.78 is 9.63. The molecule has 1 aliphatic rings. The van der Waals surface area contributed by atoms with E-state index in [4.69, 9.17) is 4.42 Å². The van der Waals surface area contributed by atoms with Crippen molar-refractivity contribution in [1.82, 2.24) is 4.98 Å². The molecule has 3 heterocycles. The Balaban J connectivity index is 0.000000165. The average molecular weight is 636 g/mol. The molecule has 3 aromatic carbocycles. The van der Waals surface area contributed by atoms with Crippen LogP contribution in [0.1, 0.15) is 16.7 Å². The average Bonchev–Trinajstić information content (AvgIpc) is 3.45. The van der Waals surface area contributed by atoms with Crippen molar-refractivity contribution in [3.8, 4) is 11.3 Å². The minimum absolute atomic E-state index is 0. The van der Waals surface area contributed by atoms with E-state index in [1.807, 2.05) is 71.2 Å². The van der Waals surface area contributed by atoms with Crippen molar-refractivity contribution in [2.45, 2.75) is 20.8 Å². The van der Waals surface area contributed by atoms with Crippen LogP contribution in [0.25, 0.3) is 33.2 Å². The molecule has 0 aliphatic carbocycles. The summed E-state index contributed by atoms with van der Waals surface area (Å²) >= 11 is 0. The van der Waals surface area contributed by atoms with E-state index in [9.17, 15) is 0 Å². The summed E-state index contributed by atoms with van der Waals surface area (Å²) in [5, 5.41) is 2.22. The van der Waals surface area contributed by atoms with Gasteiger partial charge in [0.1, 0.15) is 11.3 Å². The van der Waals surface area contributed by atoms with E-state index in [2.05, 4.69) is 68.2 Å². The molecule has 0 spiro atoms. The Morgan fingerprint density at radius 3 is 2.40 bits per heavy atom. The monoisotopic (exact) mass is 636 g/mol. The van der Waals surface area contributed by atoms with Gasteiger partial charge in [-0.3, -0.25) is 0 Å². The van der Waals surface area contributed by atoms with Gasteiger partial charge in [-0.1, -0.05) is 57.4 Å². The number of nitrogens with zero attached hydrogens (tertiary/aromatic N) is 3. The molecule has 5 heteroatoms. The maximum Gasteiger partial charge on any atom is 0.493 e. The molecule has 4 nitrogen and oxygen atoms in total. The van der Waals surface area contributed by atoms with Crippen LogP contribution < -0.4 is 0 Å². The first-order valence-corrected chi connectivity index (χ1v) is 11.2. The number of benzene rings is 3. The van der Waals surface area contributed by atoms with Gasteiger partial charge in [0.2, 0.25) is 6.20 Å². The van der Waals surface area contributed by atoms with Gasteiger partial charge in [-0.15, -0.1) is 41.5 Å². The van der Waals surface area contributed by atoms with Crippen LogP contribution in [0, 0.1) is 32.9 Å². The topological polar surface area (TPSA) is 32.0 Å². The van der Waals surface area contributed by atoms with Crippen molar-refractivity contribution in [3.05, 3.63) is 108 Å². The number of hydrogen-bond donors (Lipinski definition) is 0. The van der Waals surface area contributed by atoms with Crippen LogP contribution in [-0.2, 0) is 20.1 Å². The first-order chi connectivity index (χ1) is 16.5. The fraction of sp³-hybridized carbons (Fsp3) is 0.133. The number of pyridine rings is 1. The van der Waals surface area contributed by atoms with Gasteiger partial charge in [-0.25, -0.2) is 0 Å². The van der Waals surface area contributed by atoms with Crippen LogP contribution in [0.5, 0.6) is 0 Å². The molecule has 1 radical (unpaired) electrons. The van der Waals surface area contributed by atoms with Crippen molar-refractivity contribution in [1.29, 1.82) is 0 Å². The summed E-state index contributed by atoms with van der Waals surface area (Å²) in [6.45, 7) is 6.24. The molecule has 0 fully saturated rings. The van der Waals surface area contributed by atoms with Crippen LogP contribution in [0.2, 0.25) is 0 Å². The first-order valence-electron chi connectivity index (χ1n) is 11.2. The van der Waals surface area contributed by atoms with Gasteiger partial charge in [0.25, 0.3) is 6.20 Å². The Bertz CT molecular complexity index is 1620. The standard InChI is InChI=1S/C16H11N2O.C14H14N.Ir/c1-17-8-9-18(11-17)12-6-7-14-13-4-2-3-5-15(13)19-16(14)10-12;1-10-4-6-13(7-5-10)14-8-11(2)12(3)9-15-14;/h2-5,7-10H,1H3;4-6,8-9H,1-3H3;/q+1;-1;. The third-order valence-corrected chi connectivity index (χ3v) is 5.88. The Kier molecular flexibility index (Phi) is 7.23. The van der Waals surface area contributed by atoms with Crippen molar-refractivity contribution in [2.24, 2.45) is 0 Å². The Morgan fingerprint density at radius 2 is 1.69 bits per heavy atom. The molecule has 175 valence electrons. The number of furan rings is 1. The quantitative estimate of drug-likeness (QED) is 0.158. The summed E-state index contributed by atoms with van der Waals surface area (Å²) in [7, 11) is 1.94. The number of hydrogen-bond acceptors (Lipinski definition) is 2. The van der Waals surface area contributed by atoms with E-state index < -0.39 is 0 Å². The SMILES string of the molecule is C[N+]1=C=[N+](c2[c-]cc3c(c2)oc2ccccc23)C=C1.Cc1c[c-]c(-c2cc(C)c(C)cn2)cc1.[Ir]. The zero-order chi connectivity index (χ0) is 23.7. The molecule has 2 aromatic heterocycles. The van der Waals surface area contributed by atoms with Gasteiger partial charge in [0, 0.05) is 31.9 Å². The summed E-state index contributed by atoms with van der Waals surface area (Å²) in [6.07, 6.45) is 5.80. The summed E-state index contributed by atoms with van der Waals surface area (Å²) in [4.78, 5) is 4.41. The second kappa shape index (κ2) is 10.3. The van der Waals surface area contributed by atoms with Gasteiger partial charge in [0.05, 0.1) is 0 Å². The molecule has 5 aromatic rings. The molecule has 0 N–H and O–H groups in total. The van der Waals surface area contributed by atoms with Crippen molar-refractivity contribution in [2.75, 3.05) is 7.05 Å². The van der Waals surface area contributed by atoms with Gasteiger partial charge >= 0.3 is 6.01 Å². The minimum Gasteiger partial charge on any atom is -0.483 e. The summed E-state index contributed by atoms with van der Waals surface area (Å²) in [5.41, 5.74) is 8.49. The molecular weight excluding hydrogens is 611 g/mol. The van der Waals surface area contributed by atoms with Gasteiger partial charge in [-0.05, 0) is 36.6 Å². The van der Waals surface area contributed by atoms with E-state index in [1.165, 1.54) is 16.7 Å². The van der Waals surface area contributed by atoms with E-state index in [0.717, 1.165) is 38.9 Å². The number of aryl methyl sites for hydroxylation is 3. The second-order valence-corrected chi connectivity index (χ2v) is 8.51. The first kappa shape index (κ1) is 24.5. The minimum atomic E-state index is 0. The van der Waals surface area contributed by atoms with Crippen LogP contribution in [-0.4, -0.2) is 27.2 Å². The molecule has 0 unspecified atom stereocenters. The zero-order valence-electron chi connectivity index (χ0n) is 20.1. The molecule has 0 bridgehead atoms. The predicted octanol–water partition coefficient (Wildman–Crippen LogP) is 6.80. The number of para-hydroxylation sites is 1. The predicted molar refractivity (Wildman–Crippen MR) is 136 cm³/mol. The molecule has 0 amide bonds. The molecule has 6 rings (SSSR count). The number of rotatable bonds is 2. The third-order valence-electron chi connectivity index (χ3n) is 5.88. The second-order valence-electron chi connectivity index (χ2n) is 8.51. The molecule has 0 atom stereocenters. The van der Waals surface area contributed by atoms with E-state index in [1.54, 1.807) is 0 Å². The molecular formula is C30H25IrN3O. The van der Waals surface area contributed by atoms with E-state index >= 15 is 0 Å². The fourth-order valence-corrected chi connectivity index (χ4v) is 3.76. The van der Waals surface area contributed by atoms with Crippen LogP contribution in [0.4, 0.5) is 5.69 Å². The van der Waals surface area contributed by atoms with Crippen LogP contribution in [0.15, 0.2) is 83.7 Å². The van der Waals surface area contributed by atoms with Gasteiger partial charge < -0.3 is 9.40 Å². The normalized spacial score (nSPS) is 12.1. The fourth-order valence-electron chi connectivity index (χ4n) is 3.76. The van der Waals surface area contributed by atoms with E-state index in [0.29, 0.717) is 0 Å². The largest absolute Gasteiger partial charge is 0.493 e. The van der Waals surface area contributed by atoms with Crippen molar-refractivity contribution in [3.63, 3.8) is 0 Å². The van der Waals surface area contributed by atoms with Crippen LogP contribution >= 0.6 is 0 Å². The van der Waals surface area contributed by atoms with Crippen molar-refractivity contribution < 1.29 is 33.7 Å². The number of aromatic nitrogens is 1. The molecule has 1 aliphatic heterocycles. The van der Waals surface area contributed by atoms with Crippen molar-refractivity contribution >= 4 is 33.6 Å². The third kappa shape index (κ3) is 5.23. The molecule has 35 heavy (non-hydrogen) atoms. The van der Waals surface area contributed by atoms with Gasteiger partial charge in [0.15, 0.2) is 7.05 Å².